The molecule has 748 valence electrons. The Morgan fingerprint density at radius 2 is 0.325 bits per heavy atom. The fraction of sp³-hybridized carbons (Fsp3) is 0.968. The summed E-state index contributed by atoms with van der Waals surface area (Å²) in [6.45, 7) is 71.7. The van der Waals surface area contributed by atoms with Crippen molar-refractivity contribution in [2.75, 3.05) is 237 Å². The zero-order valence-electron chi connectivity index (χ0n) is 83.6. The SMILES string of the molecule is CCCCN1CCN(CCC(=O)OC(C)COC(C)COC(C)COC(C)COC(C)COC(C)COC(C)COC(C)COC(C)COC(C)COC(C)COCC(C)OC(=O)CCN2CCN(CCC(=O)OC(C)COCC(C)OCC(C)OCC(C)OCC(C)OCC(C)OCC(C)OCC(C)OCC(C)OCC(C)OCC(C)OCC(C)C)CC2)CC1. The van der Waals surface area contributed by atoms with E-state index >= 15 is 0 Å². The Hall–Kier alpha value is -2.63. The molecule has 0 bridgehead atoms. The third-order valence-corrected chi connectivity index (χ3v) is 20.5. The third-order valence-electron chi connectivity index (χ3n) is 20.5. The minimum absolute atomic E-state index is 0.0385. The Kier molecular flexibility index (Phi) is 69.9. The predicted octanol–water partition coefficient (Wildman–Crippen LogP) is 10.8. The second kappa shape index (κ2) is 73.7. The molecule has 32 nitrogen and oxygen atoms in total. The molecule has 0 aromatic heterocycles. The Morgan fingerprint density at radius 3 is 0.492 bits per heavy atom. The lowest BCUT2D eigenvalue weighted by Crippen LogP contribution is -2.47. The molecule has 32 heteroatoms. The van der Waals surface area contributed by atoms with E-state index in [1.54, 1.807) is 0 Å². The first kappa shape index (κ1) is 119. The highest BCUT2D eigenvalue weighted by Gasteiger charge is 2.26. The van der Waals surface area contributed by atoms with Crippen molar-refractivity contribution in [3.05, 3.63) is 0 Å². The van der Waals surface area contributed by atoms with Gasteiger partial charge in [-0.2, -0.15) is 0 Å². The molecule has 0 spiro atoms. The Labute approximate surface area is 762 Å². The quantitative estimate of drug-likeness (QED) is 0.0404. The number of hydrogen-bond donors (Lipinski definition) is 0. The molecule has 2 rings (SSSR count). The molecule has 0 amide bonds. The molecule has 0 saturated carbocycles. The number of rotatable bonds is 83. The van der Waals surface area contributed by atoms with E-state index in [1.807, 2.05) is 159 Å². The van der Waals surface area contributed by atoms with Crippen molar-refractivity contribution in [3.63, 3.8) is 0 Å². The molecule has 2 aliphatic rings. The van der Waals surface area contributed by atoms with Gasteiger partial charge in [0.2, 0.25) is 0 Å². The largest absolute Gasteiger partial charge is 0.460 e. The molecule has 0 aliphatic carbocycles. The summed E-state index contributed by atoms with van der Waals surface area (Å²) in [5.74, 6) is -0.229. The van der Waals surface area contributed by atoms with Gasteiger partial charge in [0, 0.05) is 78.6 Å². The standard InChI is InChI=1S/C94H184N4O28/c1-27-28-32-95-36-38-96(39-37-95)35-31-94(101)126-91(26)67-123-88(23)66-122-87(22)65-121-86(21)64-120-85(20)63-119-84(19)62-118-82(17)60-115-79(14)57-112-76(11)54-109-73(8)51-106-70(5)46-103-48-90(25)125-93(100)30-34-98-42-40-97(41-43-98)33-29-92(99)124-89(24)47-102-45-69(4)105-50-72(7)108-53-75(10)111-56-78(13)114-59-81(16)117-61-83(18)116-58-80(15)113-55-77(12)110-52-74(9)107-49-71(6)104-44-68(2)3/h68-91H,27-67H2,1-26H3. The highest BCUT2D eigenvalue weighted by molar-refractivity contribution is 5.70. The first-order valence-electron chi connectivity index (χ1n) is 47.9. The van der Waals surface area contributed by atoms with E-state index < -0.39 is 12.2 Å². The monoisotopic (exact) mass is 1820 g/mol. The van der Waals surface area contributed by atoms with Crippen molar-refractivity contribution >= 4 is 17.9 Å². The molecule has 23 atom stereocenters. The normalized spacial score (nSPS) is 19.8. The van der Waals surface area contributed by atoms with Crippen LogP contribution < -0.4 is 0 Å². The lowest BCUT2D eigenvalue weighted by Gasteiger charge is -2.34. The van der Waals surface area contributed by atoms with Crippen molar-refractivity contribution in [1.29, 1.82) is 0 Å². The highest BCUT2D eigenvalue weighted by atomic mass is 16.6. The van der Waals surface area contributed by atoms with Crippen LogP contribution >= 0.6 is 0 Å². The number of piperazine rings is 2. The zero-order chi connectivity index (χ0) is 93.6. The average Bonchev–Trinajstić information content (AvgIpc) is 0.905. The molecular weight excluding hydrogens is 1630 g/mol. The summed E-state index contributed by atoms with van der Waals surface area (Å²) in [6.07, 6.45) is -0.272. The van der Waals surface area contributed by atoms with E-state index in [2.05, 4.69) is 40.4 Å². The molecule has 2 fully saturated rings. The van der Waals surface area contributed by atoms with Gasteiger partial charge in [-0.1, -0.05) is 27.2 Å². The summed E-state index contributed by atoms with van der Waals surface area (Å²) in [4.78, 5) is 47.4. The van der Waals surface area contributed by atoms with Gasteiger partial charge in [-0.25, -0.2) is 0 Å². The molecule has 0 N–H and O–H groups in total. The van der Waals surface area contributed by atoms with Gasteiger partial charge in [0.25, 0.3) is 0 Å². The van der Waals surface area contributed by atoms with Gasteiger partial charge < -0.3 is 138 Å². The van der Waals surface area contributed by atoms with E-state index in [0.717, 1.165) is 72.1 Å². The molecule has 2 heterocycles. The van der Waals surface area contributed by atoms with Crippen molar-refractivity contribution in [1.82, 2.24) is 19.6 Å². The average molecular weight is 1820 g/mol. The van der Waals surface area contributed by atoms with E-state index in [-0.39, 0.29) is 172 Å². The van der Waals surface area contributed by atoms with Gasteiger partial charge in [0.1, 0.15) is 18.3 Å². The van der Waals surface area contributed by atoms with E-state index in [4.69, 9.17) is 118 Å². The fourth-order valence-electron chi connectivity index (χ4n) is 12.4. The van der Waals surface area contributed by atoms with Gasteiger partial charge >= 0.3 is 17.9 Å². The van der Waals surface area contributed by atoms with Crippen LogP contribution in [-0.2, 0) is 133 Å². The maximum Gasteiger partial charge on any atom is 0.307 e. The number of ether oxygens (including phenoxy) is 25. The smallest absolute Gasteiger partial charge is 0.307 e. The Morgan fingerprint density at radius 1 is 0.190 bits per heavy atom. The lowest BCUT2D eigenvalue weighted by atomic mass is 10.2. The van der Waals surface area contributed by atoms with E-state index in [1.165, 1.54) is 12.8 Å². The number of unbranched alkanes of at least 4 members (excludes halogenated alkanes) is 1. The number of carbonyl (C=O) groups is 3. The molecule has 2 aliphatic heterocycles. The van der Waals surface area contributed by atoms with Crippen molar-refractivity contribution in [2.45, 2.75) is 353 Å². The van der Waals surface area contributed by atoms with Crippen molar-refractivity contribution < 1.29 is 133 Å². The molecule has 0 aromatic carbocycles. The molecular formula is C94H184N4O28. The molecule has 23 unspecified atom stereocenters. The molecule has 2 saturated heterocycles. The van der Waals surface area contributed by atoms with Crippen LogP contribution in [0.25, 0.3) is 0 Å². The topological polar surface area (TPSA) is 295 Å². The van der Waals surface area contributed by atoms with Gasteiger partial charge in [-0.15, -0.1) is 0 Å². The Bertz CT molecular complexity index is 2550. The van der Waals surface area contributed by atoms with Gasteiger partial charge in [-0.3, -0.25) is 14.4 Å². The summed E-state index contributed by atoms with van der Waals surface area (Å²) in [7, 11) is 0. The number of carbonyl (C=O) groups excluding carboxylic acids is 3. The van der Waals surface area contributed by atoms with E-state index in [0.29, 0.717) is 164 Å². The second-order valence-corrected chi connectivity index (χ2v) is 36.2. The number of nitrogens with zero attached hydrogens (tertiary/aromatic N) is 4. The van der Waals surface area contributed by atoms with Crippen molar-refractivity contribution in [2.24, 2.45) is 5.92 Å². The van der Waals surface area contributed by atoms with Gasteiger partial charge in [-0.05, 0) is 178 Å². The molecule has 126 heavy (non-hydrogen) atoms. The zero-order valence-corrected chi connectivity index (χ0v) is 83.6. The number of hydrogen-bond acceptors (Lipinski definition) is 32. The maximum absolute atomic E-state index is 12.8. The maximum atomic E-state index is 12.8. The summed E-state index contributed by atoms with van der Waals surface area (Å²) in [5, 5.41) is 0. The summed E-state index contributed by atoms with van der Waals surface area (Å²) < 4.78 is 148. The molecule has 0 radical (unpaired) electrons. The van der Waals surface area contributed by atoms with Crippen LogP contribution in [0.2, 0.25) is 0 Å². The first-order valence-corrected chi connectivity index (χ1v) is 47.9. The summed E-state index contributed by atoms with van der Waals surface area (Å²) in [6, 6.07) is 0. The first-order chi connectivity index (χ1) is 59.9. The van der Waals surface area contributed by atoms with Crippen LogP contribution in [0.4, 0.5) is 0 Å². The summed E-state index contributed by atoms with van der Waals surface area (Å²) >= 11 is 0. The Balaban J connectivity index is 1.41. The molecule has 0 aromatic rings. The fourth-order valence-corrected chi connectivity index (χ4v) is 12.4. The predicted molar refractivity (Wildman–Crippen MR) is 486 cm³/mol. The van der Waals surface area contributed by atoms with Crippen LogP contribution in [0.3, 0.4) is 0 Å². The van der Waals surface area contributed by atoms with Crippen molar-refractivity contribution in [3.8, 4) is 0 Å². The minimum Gasteiger partial charge on any atom is -0.460 e. The van der Waals surface area contributed by atoms with Crippen LogP contribution in [-0.4, -0.2) is 415 Å². The summed E-state index contributed by atoms with van der Waals surface area (Å²) in [5.41, 5.74) is 0. The van der Waals surface area contributed by atoms with Crippen LogP contribution in [0.15, 0.2) is 0 Å². The van der Waals surface area contributed by atoms with E-state index in [9.17, 15) is 14.4 Å². The number of esters is 3. The van der Waals surface area contributed by atoms with Crippen LogP contribution in [0, 0.1) is 5.92 Å². The van der Waals surface area contributed by atoms with Crippen LogP contribution in [0.5, 0.6) is 0 Å². The second-order valence-electron chi connectivity index (χ2n) is 36.2. The van der Waals surface area contributed by atoms with Gasteiger partial charge in [0.05, 0.1) is 293 Å². The van der Waals surface area contributed by atoms with Crippen LogP contribution in [0.1, 0.15) is 212 Å². The highest BCUT2D eigenvalue weighted by Crippen LogP contribution is 2.15. The third kappa shape index (κ3) is 68.4. The minimum atomic E-state index is -0.408. The van der Waals surface area contributed by atoms with Gasteiger partial charge in [0.15, 0.2) is 0 Å². The lowest BCUT2D eigenvalue weighted by molar-refractivity contribution is -0.154.